The fourth-order valence-corrected chi connectivity index (χ4v) is 2.01. The molecule has 1 aromatic heterocycles. The molecule has 1 heterocycles. The molecule has 2 rings (SSSR count). The highest BCUT2D eigenvalue weighted by Crippen LogP contribution is 2.08. The second kappa shape index (κ2) is 7.45. The predicted molar refractivity (Wildman–Crippen MR) is 75.7 cm³/mol. The van der Waals surface area contributed by atoms with Crippen molar-refractivity contribution in [1.82, 2.24) is 14.9 Å². The first-order valence-electron chi connectivity index (χ1n) is 6.69. The summed E-state index contributed by atoms with van der Waals surface area (Å²) in [5.41, 5.74) is 1.81. The summed E-state index contributed by atoms with van der Waals surface area (Å²) in [5, 5.41) is 12.1. The summed E-state index contributed by atoms with van der Waals surface area (Å²) in [5.74, 6) is 0.0258. The van der Waals surface area contributed by atoms with Crippen LogP contribution in [0.5, 0.6) is 0 Å². The van der Waals surface area contributed by atoms with Gasteiger partial charge in [-0.05, 0) is 17.5 Å². The lowest BCUT2D eigenvalue weighted by atomic mass is 10.1. The van der Waals surface area contributed by atoms with Gasteiger partial charge in [0.1, 0.15) is 0 Å². The Morgan fingerprint density at radius 1 is 1.30 bits per heavy atom. The van der Waals surface area contributed by atoms with Crippen LogP contribution in [0.15, 0.2) is 43.0 Å². The van der Waals surface area contributed by atoms with Gasteiger partial charge in [0.05, 0.1) is 12.9 Å². The molecule has 0 saturated carbocycles. The largest absolute Gasteiger partial charge is 0.392 e. The van der Waals surface area contributed by atoms with E-state index in [0.29, 0.717) is 13.0 Å². The first-order chi connectivity index (χ1) is 9.79. The van der Waals surface area contributed by atoms with E-state index in [1.165, 1.54) is 0 Å². The van der Waals surface area contributed by atoms with E-state index in [2.05, 4.69) is 10.3 Å². The average molecular weight is 273 g/mol. The highest BCUT2D eigenvalue weighted by atomic mass is 16.3. The van der Waals surface area contributed by atoms with E-state index < -0.39 is 0 Å². The van der Waals surface area contributed by atoms with Crippen molar-refractivity contribution < 1.29 is 9.90 Å². The predicted octanol–water partition coefficient (Wildman–Crippen LogP) is 1.47. The molecule has 20 heavy (non-hydrogen) atoms. The third kappa shape index (κ3) is 4.20. The maximum atomic E-state index is 11.7. The van der Waals surface area contributed by atoms with Crippen molar-refractivity contribution in [3.63, 3.8) is 0 Å². The molecule has 0 aliphatic carbocycles. The minimum absolute atomic E-state index is 0.00727. The van der Waals surface area contributed by atoms with E-state index in [-0.39, 0.29) is 12.5 Å². The molecule has 1 aromatic carbocycles. The van der Waals surface area contributed by atoms with Gasteiger partial charge in [0.25, 0.3) is 0 Å². The van der Waals surface area contributed by atoms with Crippen molar-refractivity contribution in [2.75, 3.05) is 0 Å². The van der Waals surface area contributed by atoms with Crippen molar-refractivity contribution in [1.29, 1.82) is 0 Å². The number of nitrogens with one attached hydrogen (secondary N) is 1. The molecule has 0 unspecified atom stereocenters. The number of nitrogens with zero attached hydrogens (tertiary/aromatic N) is 2. The Morgan fingerprint density at radius 2 is 2.10 bits per heavy atom. The summed E-state index contributed by atoms with van der Waals surface area (Å²) >= 11 is 0. The van der Waals surface area contributed by atoms with Crippen LogP contribution >= 0.6 is 0 Å². The highest BCUT2D eigenvalue weighted by Gasteiger charge is 2.04. The number of carbonyl (C=O) groups is 1. The van der Waals surface area contributed by atoms with Gasteiger partial charge in [0.15, 0.2) is 0 Å². The van der Waals surface area contributed by atoms with Crippen LogP contribution in [0.1, 0.15) is 24.0 Å². The Labute approximate surface area is 118 Å². The van der Waals surface area contributed by atoms with E-state index >= 15 is 0 Å². The number of amides is 1. The summed E-state index contributed by atoms with van der Waals surface area (Å²) in [4.78, 5) is 15.7. The number of rotatable bonds is 7. The number of aliphatic hydroxyl groups is 1. The Hall–Kier alpha value is -2.14. The van der Waals surface area contributed by atoms with Crippen LogP contribution in [0.3, 0.4) is 0 Å². The molecule has 2 N–H and O–H groups in total. The van der Waals surface area contributed by atoms with Crippen LogP contribution in [0.2, 0.25) is 0 Å². The number of imidazole rings is 1. The Kier molecular flexibility index (Phi) is 5.32. The Balaban J connectivity index is 1.72. The molecule has 0 atom stereocenters. The SMILES string of the molecule is O=C(CCCn1ccnc1)NCc1ccccc1CO. The summed E-state index contributed by atoms with van der Waals surface area (Å²) < 4.78 is 1.95. The third-order valence-electron chi connectivity index (χ3n) is 3.14. The third-order valence-corrected chi connectivity index (χ3v) is 3.14. The lowest BCUT2D eigenvalue weighted by Crippen LogP contribution is -2.23. The molecule has 0 aliphatic heterocycles. The van der Waals surface area contributed by atoms with Gasteiger partial charge in [-0.1, -0.05) is 24.3 Å². The standard InChI is InChI=1S/C15H19N3O2/c19-11-14-5-2-1-4-13(14)10-17-15(20)6-3-8-18-9-7-16-12-18/h1-2,4-5,7,9,12,19H,3,6,8,10-11H2,(H,17,20). The van der Waals surface area contributed by atoms with E-state index in [0.717, 1.165) is 24.1 Å². The zero-order valence-electron chi connectivity index (χ0n) is 11.3. The van der Waals surface area contributed by atoms with Gasteiger partial charge in [-0.3, -0.25) is 4.79 Å². The highest BCUT2D eigenvalue weighted by molar-refractivity contribution is 5.75. The first-order valence-corrected chi connectivity index (χ1v) is 6.69. The minimum atomic E-state index is -0.00727. The smallest absolute Gasteiger partial charge is 0.220 e. The van der Waals surface area contributed by atoms with Crippen LogP contribution in [0.25, 0.3) is 0 Å². The summed E-state index contributed by atoms with van der Waals surface area (Å²) in [6.45, 7) is 1.24. The van der Waals surface area contributed by atoms with E-state index in [9.17, 15) is 9.90 Å². The fraction of sp³-hybridized carbons (Fsp3) is 0.333. The van der Waals surface area contributed by atoms with Gasteiger partial charge in [-0.2, -0.15) is 0 Å². The molecule has 5 heteroatoms. The molecular weight excluding hydrogens is 254 g/mol. The van der Waals surface area contributed by atoms with Crippen molar-refractivity contribution in [2.45, 2.75) is 32.5 Å². The minimum Gasteiger partial charge on any atom is -0.392 e. The molecule has 0 fully saturated rings. The van der Waals surface area contributed by atoms with Gasteiger partial charge >= 0.3 is 0 Å². The summed E-state index contributed by atoms with van der Waals surface area (Å²) in [7, 11) is 0. The van der Waals surface area contributed by atoms with E-state index in [1.807, 2.05) is 35.0 Å². The molecule has 0 bridgehead atoms. The maximum Gasteiger partial charge on any atom is 0.220 e. The normalized spacial score (nSPS) is 10.4. The molecule has 0 radical (unpaired) electrons. The lowest BCUT2D eigenvalue weighted by molar-refractivity contribution is -0.121. The number of aliphatic hydroxyl groups excluding tert-OH is 1. The van der Waals surface area contributed by atoms with E-state index in [4.69, 9.17) is 0 Å². The van der Waals surface area contributed by atoms with Gasteiger partial charge in [0, 0.05) is 31.9 Å². The molecule has 0 spiro atoms. The monoisotopic (exact) mass is 273 g/mol. The molecule has 106 valence electrons. The Bertz CT molecular complexity index is 538. The van der Waals surface area contributed by atoms with Crippen LogP contribution in [-0.4, -0.2) is 20.6 Å². The average Bonchev–Trinajstić information content (AvgIpc) is 2.98. The van der Waals surface area contributed by atoms with Crippen molar-refractivity contribution in [2.24, 2.45) is 0 Å². The molecule has 5 nitrogen and oxygen atoms in total. The quantitative estimate of drug-likeness (QED) is 0.803. The molecule has 2 aromatic rings. The number of hydrogen-bond acceptors (Lipinski definition) is 3. The second-order valence-corrected chi connectivity index (χ2v) is 4.61. The van der Waals surface area contributed by atoms with Crippen molar-refractivity contribution in [3.8, 4) is 0 Å². The Morgan fingerprint density at radius 3 is 2.80 bits per heavy atom. The number of aryl methyl sites for hydroxylation is 1. The molecule has 1 amide bonds. The number of carbonyl (C=O) groups excluding carboxylic acids is 1. The fourth-order valence-electron chi connectivity index (χ4n) is 2.01. The summed E-state index contributed by atoms with van der Waals surface area (Å²) in [6, 6.07) is 7.56. The van der Waals surface area contributed by atoms with Crippen molar-refractivity contribution >= 4 is 5.91 Å². The van der Waals surface area contributed by atoms with Gasteiger partial charge in [0.2, 0.25) is 5.91 Å². The zero-order chi connectivity index (χ0) is 14.2. The van der Waals surface area contributed by atoms with Crippen molar-refractivity contribution in [3.05, 3.63) is 54.1 Å². The molecule has 0 aliphatic rings. The molecule has 0 saturated heterocycles. The van der Waals surface area contributed by atoms with Crippen LogP contribution in [-0.2, 0) is 24.5 Å². The number of benzene rings is 1. The van der Waals surface area contributed by atoms with Crippen LogP contribution < -0.4 is 5.32 Å². The van der Waals surface area contributed by atoms with Crippen LogP contribution in [0, 0.1) is 0 Å². The first kappa shape index (κ1) is 14.3. The van der Waals surface area contributed by atoms with Gasteiger partial charge < -0.3 is 15.0 Å². The topological polar surface area (TPSA) is 67.2 Å². The molecular formula is C15H19N3O2. The maximum absolute atomic E-state index is 11.7. The van der Waals surface area contributed by atoms with E-state index in [1.54, 1.807) is 12.5 Å². The second-order valence-electron chi connectivity index (χ2n) is 4.61. The summed E-state index contributed by atoms with van der Waals surface area (Å²) in [6.07, 6.45) is 6.63. The lowest BCUT2D eigenvalue weighted by Gasteiger charge is -2.09. The zero-order valence-corrected chi connectivity index (χ0v) is 11.3. The van der Waals surface area contributed by atoms with Gasteiger partial charge in [-0.15, -0.1) is 0 Å². The van der Waals surface area contributed by atoms with Gasteiger partial charge in [-0.25, -0.2) is 4.98 Å². The van der Waals surface area contributed by atoms with Crippen LogP contribution in [0.4, 0.5) is 0 Å². The number of hydrogen-bond donors (Lipinski definition) is 2. The number of aromatic nitrogens is 2.